The van der Waals surface area contributed by atoms with Crippen LogP contribution in [0.15, 0.2) is 18.2 Å². The maximum Gasteiger partial charge on any atom is 0.394 e. The standard InChI is InChI=1S/C25H32ClF4N3O/c1-5-20-32-21(23(34)31-14-16-8-6-15(2)7-9-16)22(26)33(20)18-11-10-17(19(27)12-18)13-24(3,4)25(28,29)30/h10-12,15-16H,5-9,13-14H2,1-4H3,(H,31,34). The van der Waals surface area contributed by atoms with Crippen LogP contribution >= 0.6 is 11.6 Å². The van der Waals surface area contributed by atoms with E-state index in [-0.39, 0.29) is 22.3 Å². The van der Waals surface area contributed by atoms with E-state index in [4.69, 9.17) is 11.6 Å². The van der Waals surface area contributed by atoms with Crippen LogP contribution in [0.2, 0.25) is 5.15 Å². The van der Waals surface area contributed by atoms with Gasteiger partial charge in [0.25, 0.3) is 5.91 Å². The van der Waals surface area contributed by atoms with E-state index in [1.807, 2.05) is 6.92 Å². The first-order valence-electron chi connectivity index (χ1n) is 11.7. The first-order chi connectivity index (χ1) is 15.8. The number of nitrogens with zero attached hydrogens (tertiary/aromatic N) is 2. The molecule has 1 heterocycles. The zero-order valence-electron chi connectivity index (χ0n) is 20.0. The van der Waals surface area contributed by atoms with E-state index >= 15 is 0 Å². The third kappa shape index (κ3) is 5.75. The molecule has 0 bridgehead atoms. The lowest BCUT2D eigenvalue weighted by Crippen LogP contribution is -2.34. The van der Waals surface area contributed by atoms with Crippen LogP contribution in [0.25, 0.3) is 5.69 Å². The van der Waals surface area contributed by atoms with E-state index in [1.165, 1.54) is 16.7 Å². The largest absolute Gasteiger partial charge is 0.394 e. The predicted molar refractivity (Wildman–Crippen MR) is 125 cm³/mol. The zero-order chi connectivity index (χ0) is 25.3. The summed E-state index contributed by atoms with van der Waals surface area (Å²) in [6.45, 7) is 6.70. The SMILES string of the molecule is CCc1nc(C(=O)NCC2CCC(C)CC2)c(Cl)n1-c1ccc(CC(C)(C)C(F)(F)F)c(F)c1. The molecule has 9 heteroatoms. The molecule has 0 spiro atoms. The van der Waals surface area contributed by atoms with E-state index in [2.05, 4.69) is 17.2 Å². The molecule has 0 atom stereocenters. The smallest absolute Gasteiger partial charge is 0.350 e. The number of halogens is 5. The summed E-state index contributed by atoms with van der Waals surface area (Å²) in [5, 5.41) is 2.97. The summed E-state index contributed by atoms with van der Waals surface area (Å²) >= 11 is 6.51. The van der Waals surface area contributed by atoms with Crippen molar-refractivity contribution in [2.45, 2.75) is 72.4 Å². The average Bonchev–Trinajstić information content (AvgIpc) is 3.10. The Morgan fingerprint density at radius 3 is 2.41 bits per heavy atom. The maximum atomic E-state index is 14.8. The van der Waals surface area contributed by atoms with Gasteiger partial charge in [-0.15, -0.1) is 0 Å². The average molecular weight is 502 g/mol. The number of nitrogens with one attached hydrogen (secondary N) is 1. The van der Waals surface area contributed by atoms with Crippen LogP contribution < -0.4 is 5.32 Å². The molecule has 0 unspecified atom stereocenters. The summed E-state index contributed by atoms with van der Waals surface area (Å²) in [7, 11) is 0. The van der Waals surface area contributed by atoms with E-state index in [0.29, 0.717) is 30.4 Å². The number of aromatic nitrogens is 2. The van der Waals surface area contributed by atoms with Gasteiger partial charge in [-0.1, -0.05) is 58.2 Å². The van der Waals surface area contributed by atoms with Gasteiger partial charge in [0, 0.05) is 13.0 Å². The molecule has 0 aliphatic heterocycles. The molecule has 3 rings (SSSR count). The minimum absolute atomic E-state index is 0.0415. The number of alkyl halides is 3. The van der Waals surface area contributed by atoms with Crippen molar-refractivity contribution < 1.29 is 22.4 Å². The Labute approximate surface area is 203 Å². The fraction of sp³-hybridized carbons (Fsp3) is 0.600. The van der Waals surface area contributed by atoms with Gasteiger partial charge in [-0.2, -0.15) is 13.2 Å². The molecule has 0 saturated heterocycles. The summed E-state index contributed by atoms with van der Waals surface area (Å²) in [5.74, 6) is 0.453. The van der Waals surface area contributed by atoms with Crippen LogP contribution in [0.5, 0.6) is 0 Å². The predicted octanol–water partition coefficient (Wildman–Crippen LogP) is 6.91. The molecule has 1 saturated carbocycles. The zero-order valence-corrected chi connectivity index (χ0v) is 20.8. The molecule has 1 fully saturated rings. The van der Waals surface area contributed by atoms with Crippen LogP contribution in [-0.4, -0.2) is 28.2 Å². The second-order valence-electron chi connectivity index (χ2n) is 10.0. The lowest BCUT2D eigenvalue weighted by molar-refractivity contribution is -0.211. The molecule has 1 aromatic heterocycles. The Bertz CT molecular complexity index is 1020. The number of carbonyl (C=O) groups excluding carboxylic acids is 1. The van der Waals surface area contributed by atoms with Gasteiger partial charge in [0.05, 0.1) is 11.1 Å². The summed E-state index contributed by atoms with van der Waals surface area (Å²) in [6.07, 6.45) is -0.0811. The number of hydrogen-bond acceptors (Lipinski definition) is 2. The number of hydrogen-bond donors (Lipinski definition) is 1. The topological polar surface area (TPSA) is 46.9 Å². The Hall–Kier alpha value is -2.09. The van der Waals surface area contributed by atoms with E-state index < -0.39 is 23.8 Å². The third-order valence-electron chi connectivity index (χ3n) is 6.80. The van der Waals surface area contributed by atoms with E-state index in [9.17, 15) is 22.4 Å². The van der Waals surface area contributed by atoms with Gasteiger partial charge >= 0.3 is 6.18 Å². The molecule has 0 radical (unpaired) electrons. The van der Waals surface area contributed by atoms with Crippen LogP contribution in [0.4, 0.5) is 17.6 Å². The first-order valence-corrected chi connectivity index (χ1v) is 12.1. The molecule has 1 N–H and O–H groups in total. The number of aryl methyl sites for hydroxylation is 1. The third-order valence-corrected chi connectivity index (χ3v) is 7.15. The first kappa shape index (κ1) is 26.5. The second kappa shape index (κ2) is 10.3. The second-order valence-corrected chi connectivity index (χ2v) is 10.4. The van der Waals surface area contributed by atoms with Gasteiger partial charge in [0.2, 0.25) is 0 Å². The summed E-state index contributed by atoms with van der Waals surface area (Å²) in [5.41, 5.74) is -1.75. The minimum Gasteiger partial charge on any atom is -0.350 e. The molecule has 2 aromatic rings. The summed E-state index contributed by atoms with van der Waals surface area (Å²) in [6, 6.07) is 3.97. The van der Waals surface area contributed by atoms with Crippen molar-refractivity contribution in [3.8, 4) is 5.69 Å². The van der Waals surface area contributed by atoms with Gasteiger partial charge in [-0.05, 0) is 48.8 Å². The highest BCUT2D eigenvalue weighted by molar-refractivity contribution is 6.32. The highest BCUT2D eigenvalue weighted by atomic mass is 35.5. The van der Waals surface area contributed by atoms with Gasteiger partial charge in [0.1, 0.15) is 16.8 Å². The molecule has 1 aliphatic rings. The van der Waals surface area contributed by atoms with Crippen LogP contribution in [0.3, 0.4) is 0 Å². The van der Waals surface area contributed by atoms with Crippen molar-refractivity contribution in [3.05, 3.63) is 46.3 Å². The van der Waals surface area contributed by atoms with Gasteiger partial charge in [-0.25, -0.2) is 9.37 Å². The quantitative estimate of drug-likeness (QED) is 0.419. The van der Waals surface area contributed by atoms with E-state index in [1.54, 1.807) is 0 Å². The molecular formula is C25H32ClF4N3O. The maximum absolute atomic E-state index is 14.8. The Balaban J connectivity index is 1.81. The number of benzene rings is 1. The molecule has 1 aromatic carbocycles. The normalized spacial score (nSPS) is 19.3. The summed E-state index contributed by atoms with van der Waals surface area (Å²) < 4.78 is 56.0. The lowest BCUT2D eigenvalue weighted by atomic mass is 9.83. The van der Waals surface area contributed by atoms with Crippen molar-refractivity contribution in [2.24, 2.45) is 17.3 Å². The lowest BCUT2D eigenvalue weighted by Gasteiger charge is -2.28. The van der Waals surface area contributed by atoms with Crippen molar-refractivity contribution in [2.75, 3.05) is 6.54 Å². The monoisotopic (exact) mass is 501 g/mol. The highest BCUT2D eigenvalue weighted by Gasteiger charge is 2.47. The van der Waals surface area contributed by atoms with Crippen molar-refractivity contribution >= 4 is 17.5 Å². The number of imidazole rings is 1. The van der Waals surface area contributed by atoms with Crippen molar-refractivity contribution in [1.29, 1.82) is 0 Å². The minimum atomic E-state index is -4.46. The number of rotatable bonds is 7. The fourth-order valence-corrected chi connectivity index (χ4v) is 4.66. The van der Waals surface area contributed by atoms with Gasteiger partial charge in [-0.3, -0.25) is 9.36 Å². The Morgan fingerprint density at radius 1 is 1.21 bits per heavy atom. The molecule has 34 heavy (non-hydrogen) atoms. The molecular weight excluding hydrogens is 470 g/mol. The number of carbonyl (C=O) groups is 1. The highest BCUT2D eigenvalue weighted by Crippen LogP contribution is 2.40. The van der Waals surface area contributed by atoms with Gasteiger partial charge in [0.15, 0.2) is 5.69 Å². The summed E-state index contributed by atoms with van der Waals surface area (Å²) in [4.78, 5) is 17.2. The Kier molecular flexibility index (Phi) is 8.00. The Morgan fingerprint density at radius 2 is 1.85 bits per heavy atom. The molecule has 4 nitrogen and oxygen atoms in total. The van der Waals surface area contributed by atoms with Crippen LogP contribution in [0.1, 0.15) is 75.3 Å². The van der Waals surface area contributed by atoms with Crippen LogP contribution in [-0.2, 0) is 12.8 Å². The molecule has 188 valence electrons. The van der Waals surface area contributed by atoms with Crippen molar-refractivity contribution in [3.63, 3.8) is 0 Å². The fourth-order valence-electron chi connectivity index (χ4n) is 4.34. The van der Waals surface area contributed by atoms with Gasteiger partial charge < -0.3 is 5.32 Å². The van der Waals surface area contributed by atoms with E-state index in [0.717, 1.165) is 51.5 Å². The number of amides is 1. The van der Waals surface area contributed by atoms with Crippen LogP contribution in [0, 0.1) is 23.1 Å². The molecule has 1 aliphatic carbocycles. The molecule has 1 amide bonds. The van der Waals surface area contributed by atoms with Crippen molar-refractivity contribution in [1.82, 2.24) is 14.9 Å².